The Balaban J connectivity index is 0.00000220. The molecule has 0 amide bonds. The van der Waals surface area contributed by atoms with Crippen molar-refractivity contribution in [1.29, 1.82) is 0 Å². The maximum atomic E-state index is 4.72. The Labute approximate surface area is 153 Å². The minimum absolute atomic E-state index is 0. The van der Waals surface area contributed by atoms with E-state index in [4.69, 9.17) is 4.99 Å². The van der Waals surface area contributed by atoms with Crippen LogP contribution in [0.25, 0.3) is 0 Å². The number of nitrogens with one attached hydrogen (secondary N) is 2. The number of thiophene rings is 1. The van der Waals surface area contributed by atoms with Crippen LogP contribution in [0.1, 0.15) is 38.2 Å². The van der Waals surface area contributed by atoms with Crippen molar-refractivity contribution in [3.63, 3.8) is 0 Å². The van der Waals surface area contributed by atoms with Gasteiger partial charge in [0.1, 0.15) is 0 Å². The van der Waals surface area contributed by atoms with Crippen LogP contribution in [0.15, 0.2) is 21.8 Å². The molecule has 2 N–H and O–H groups in total. The van der Waals surface area contributed by atoms with Crippen molar-refractivity contribution in [2.45, 2.75) is 37.9 Å². The van der Waals surface area contributed by atoms with Crippen molar-refractivity contribution in [3.05, 3.63) is 22.4 Å². The summed E-state index contributed by atoms with van der Waals surface area (Å²) < 4.78 is 0. The first-order valence-corrected chi connectivity index (χ1v) is 9.44. The van der Waals surface area contributed by atoms with Crippen molar-refractivity contribution < 1.29 is 0 Å². The molecule has 2 rings (SSSR count). The number of aliphatic imine (C=N–C) groups is 1. The minimum atomic E-state index is 0. The lowest BCUT2D eigenvalue weighted by atomic mass is 10.1. The van der Waals surface area contributed by atoms with Crippen LogP contribution in [0.3, 0.4) is 0 Å². The summed E-state index contributed by atoms with van der Waals surface area (Å²) in [5, 5.41) is 11.9. The predicted octanol–water partition coefficient (Wildman–Crippen LogP) is 3.92. The third-order valence-corrected chi connectivity index (χ3v) is 5.60. The van der Waals surface area contributed by atoms with Crippen LogP contribution in [0.2, 0.25) is 0 Å². The maximum absolute atomic E-state index is 4.72. The molecule has 0 saturated carbocycles. The highest BCUT2D eigenvalue weighted by Gasteiger charge is 2.15. The molecule has 0 bridgehead atoms. The number of thioether (sulfide) groups is 1. The predicted molar refractivity (Wildman–Crippen MR) is 108 cm³/mol. The van der Waals surface area contributed by atoms with Gasteiger partial charge < -0.3 is 10.6 Å². The largest absolute Gasteiger partial charge is 0.357 e. The highest BCUT2D eigenvalue weighted by molar-refractivity contribution is 14.0. The van der Waals surface area contributed by atoms with Gasteiger partial charge in [-0.2, -0.15) is 23.1 Å². The Morgan fingerprint density at radius 2 is 2.33 bits per heavy atom. The van der Waals surface area contributed by atoms with Gasteiger partial charge in [-0.05, 0) is 47.9 Å². The van der Waals surface area contributed by atoms with Gasteiger partial charge in [0.15, 0.2) is 5.96 Å². The van der Waals surface area contributed by atoms with E-state index >= 15 is 0 Å². The van der Waals surface area contributed by atoms with Crippen molar-refractivity contribution >= 4 is 53.0 Å². The van der Waals surface area contributed by atoms with E-state index in [0.29, 0.717) is 5.92 Å². The number of hydrogen-bond donors (Lipinski definition) is 2. The van der Waals surface area contributed by atoms with Crippen LogP contribution in [0, 0.1) is 0 Å². The Morgan fingerprint density at radius 1 is 1.48 bits per heavy atom. The molecule has 2 heterocycles. The van der Waals surface area contributed by atoms with Gasteiger partial charge in [-0.3, -0.25) is 4.99 Å². The van der Waals surface area contributed by atoms with Crippen LogP contribution >= 0.6 is 47.1 Å². The first-order valence-electron chi connectivity index (χ1n) is 7.45. The lowest BCUT2D eigenvalue weighted by Gasteiger charge is -2.15. The average molecular weight is 439 g/mol. The van der Waals surface area contributed by atoms with Gasteiger partial charge in [-0.15, -0.1) is 24.0 Å². The Kier molecular flexibility index (Phi) is 9.75. The quantitative estimate of drug-likeness (QED) is 0.401. The standard InChI is InChI=1S/C15H25N3S2.HI/c1-3-16-15(18-10-14-5-4-7-20-14)17-9-12(2)13-6-8-19-11-13;/h6,8,11-12,14H,3-5,7,9-10H2,1-2H3,(H2,16,17,18);1H. The second-order valence-corrected chi connectivity index (χ2v) is 7.38. The maximum Gasteiger partial charge on any atom is 0.191 e. The normalized spacial score (nSPS) is 19.9. The van der Waals surface area contributed by atoms with Gasteiger partial charge in [0.25, 0.3) is 0 Å². The van der Waals surface area contributed by atoms with Crippen LogP contribution in [-0.2, 0) is 0 Å². The Hall–Kier alpha value is 0.0500. The van der Waals surface area contributed by atoms with E-state index in [1.807, 2.05) is 0 Å². The summed E-state index contributed by atoms with van der Waals surface area (Å²) in [5.41, 5.74) is 1.39. The Morgan fingerprint density at radius 3 is 2.95 bits per heavy atom. The van der Waals surface area contributed by atoms with Gasteiger partial charge in [0.2, 0.25) is 0 Å². The molecule has 1 aliphatic rings. The van der Waals surface area contributed by atoms with E-state index in [9.17, 15) is 0 Å². The molecule has 1 saturated heterocycles. The third kappa shape index (κ3) is 6.78. The van der Waals surface area contributed by atoms with Gasteiger partial charge in [0.05, 0.1) is 0 Å². The first kappa shape index (κ1) is 19.1. The molecule has 0 radical (unpaired) electrons. The van der Waals surface area contributed by atoms with E-state index in [0.717, 1.165) is 30.8 Å². The lowest BCUT2D eigenvalue weighted by molar-refractivity contribution is 0.716. The summed E-state index contributed by atoms with van der Waals surface area (Å²) >= 11 is 3.84. The van der Waals surface area contributed by atoms with E-state index in [1.165, 1.54) is 24.2 Å². The summed E-state index contributed by atoms with van der Waals surface area (Å²) in [4.78, 5) is 4.72. The van der Waals surface area contributed by atoms with Crippen LogP contribution < -0.4 is 10.6 Å². The highest BCUT2D eigenvalue weighted by atomic mass is 127. The van der Waals surface area contributed by atoms with E-state index < -0.39 is 0 Å². The molecular formula is C15H26IN3S2. The molecule has 0 aliphatic carbocycles. The van der Waals surface area contributed by atoms with Crippen molar-refractivity contribution in [2.24, 2.45) is 4.99 Å². The SMILES string of the molecule is CCNC(=NCC(C)c1ccsc1)NCC1CCCS1.I. The van der Waals surface area contributed by atoms with Crippen molar-refractivity contribution in [3.8, 4) is 0 Å². The molecule has 120 valence electrons. The fraction of sp³-hybridized carbons (Fsp3) is 0.667. The summed E-state index contributed by atoms with van der Waals surface area (Å²) in [7, 11) is 0. The third-order valence-electron chi connectivity index (χ3n) is 3.50. The smallest absolute Gasteiger partial charge is 0.191 e. The zero-order valence-electron chi connectivity index (χ0n) is 12.8. The number of guanidine groups is 1. The summed E-state index contributed by atoms with van der Waals surface area (Å²) in [6.45, 7) is 7.13. The molecule has 2 unspecified atom stereocenters. The number of rotatable bonds is 6. The molecule has 2 atom stereocenters. The van der Waals surface area contributed by atoms with Gasteiger partial charge in [0, 0.05) is 30.8 Å². The number of nitrogens with zero attached hydrogens (tertiary/aromatic N) is 1. The van der Waals surface area contributed by atoms with Crippen LogP contribution in [0.5, 0.6) is 0 Å². The molecule has 0 aromatic carbocycles. The zero-order chi connectivity index (χ0) is 14.2. The second kappa shape index (κ2) is 10.7. The van der Waals surface area contributed by atoms with Gasteiger partial charge in [-0.1, -0.05) is 6.92 Å². The summed E-state index contributed by atoms with van der Waals surface area (Å²) in [6, 6.07) is 2.19. The molecule has 1 fully saturated rings. The van der Waals surface area contributed by atoms with E-state index in [2.05, 4.69) is 53.1 Å². The van der Waals surface area contributed by atoms with Crippen LogP contribution in [-0.4, -0.2) is 36.6 Å². The lowest BCUT2D eigenvalue weighted by Crippen LogP contribution is -2.40. The van der Waals surface area contributed by atoms with Crippen LogP contribution in [0.4, 0.5) is 0 Å². The molecule has 1 aliphatic heterocycles. The molecular weight excluding hydrogens is 413 g/mol. The molecule has 0 spiro atoms. The van der Waals surface area contributed by atoms with Crippen molar-refractivity contribution in [1.82, 2.24) is 10.6 Å². The van der Waals surface area contributed by atoms with Crippen molar-refractivity contribution in [2.75, 3.05) is 25.4 Å². The molecule has 3 nitrogen and oxygen atoms in total. The molecule has 1 aromatic heterocycles. The van der Waals surface area contributed by atoms with E-state index in [-0.39, 0.29) is 24.0 Å². The fourth-order valence-corrected chi connectivity index (χ4v) is 4.23. The minimum Gasteiger partial charge on any atom is -0.357 e. The fourth-order valence-electron chi connectivity index (χ4n) is 2.25. The molecule has 6 heteroatoms. The molecule has 1 aromatic rings. The first-order chi connectivity index (χ1) is 9.79. The molecule has 21 heavy (non-hydrogen) atoms. The highest BCUT2D eigenvalue weighted by Crippen LogP contribution is 2.25. The Bertz CT molecular complexity index is 403. The monoisotopic (exact) mass is 439 g/mol. The average Bonchev–Trinajstić information content (AvgIpc) is 3.13. The second-order valence-electron chi connectivity index (χ2n) is 5.19. The number of halogens is 1. The van der Waals surface area contributed by atoms with Gasteiger partial charge in [-0.25, -0.2) is 0 Å². The van der Waals surface area contributed by atoms with Gasteiger partial charge >= 0.3 is 0 Å². The zero-order valence-corrected chi connectivity index (χ0v) is 16.8. The topological polar surface area (TPSA) is 36.4 Å². The number of hydrogen-bond acceptors (Lipinski definition) is 3. The van der Waals surface area contributed by atoms with E-state index in [1.54, 1.807) is 11.3 Å². The summed E-state index contributed by atoms with van der Waals surface area (Å²) in [5.74, 6) is 2.76. The summed E-state index contributed by atoms with van der Waals surface area (Å²) in [6.07, 6.45) is 2.70.